The Balaban J connectivity index is 1.52. The highest BCUT2D eigenvalue weighted by atomic mass is 19.3. The van der Waals surface area contributed by atoms with Crippen LogP contribution in [0.25, 0.3) is 11.1 Å². The van der Waals surface area contributed by atoms with Crippen molar-refractivity contribution in [3.05, 3.63) is 53.6 Å². The van der Waals surface area contributed by atoms with Crippen LogP contribution in [-0.2, 0) is 11.2 Å². The summed E-state index contributed by atoms with van der Waals surface area (Å²) in [6.07, 6.45) is 0.556. The molecule has 2 fully saturated rings. The second-order valence-corrected chi connectivity index (χ2v) is 10.3. The standard InChI is InChI=1S/C28H35F4N3O2/c1-18(2)34-10-12-35(13-11-34)24-8-5-9-28(31,32)27(24)33-25(36)16-19-6-4-7-23(26(19)37-3)20-14-21(29)17-22(30)15-20/h4,6-7,14-15,17-18,24,27H,5,8-13,16H2,1-3H3,(H,33,36)/t24-,27+/m0/s1. The Labute approximate surface area is 215 Å². The number of amides is 1. The Bertz CT molecular complexity index is 1080. The Hall–Kier alpha value is -2.65. The molecule has 37 heavy (non-hydrogen) atoms. The first kappa shape index (κ1) is 27.4. The molecule has 4 rings (SSSR count). The van der Waals surface area contributed by atoms with Gasteiger partial charge in [0, 0.05) is 61.9 Å². The van der Waals surface area contributed by atoms with E-state index < -0.39 is 35.5 Å². The molecule has 0 radical (unpaired) electrons. The summed E-state index contributed by atoms with van der Waals surface area (Å²) in [6.45, 7) is 7.25. The van der Waals surface area contributed by atoms with Gasteiger partial charge in [-0.1, -0.05) is 18.2 Å². The molecule has 202 valence electrons. The smallest absolute Gasteiger partial charge is 0.269 e. The van der Waals surface area contributed by atoms with Gasteiger partial charge in [0.2, 0.25) is 5.91 Å². The van der Waals surface area contributed by atoms with Gasteiger partial charge >= 0.3 is 0 Å². The normalized spacial score (nSPS) is 22.7. The average Bonchev–Trinajstić information content (AvgIpc) is 2.84. The number of carbonyl (C=O) groups excluding carboxylic acids is 1. The maximum atomic E-state index is 15.1. The fraction of sp³-hybridized carbons (Fsp3) is 0.536. The van der Waals surface area contributed by atoms with Crippen LogP contribution in [0.2, 0.25) is 0 Å². The topological polar surface area (TPSA) is 44.8 Å². The maximum Gasteiger partial charge on any atom is 0.269 e. The highest BCUT2D eigenvalue weighted by molar-refractivity contribution is 5.82. The van der Waals surface area contributed by atoms with Crippen molar-refractivity contribution in [3.8, 4) is 16.9 Å². The summed E-state index contributed by atoms with van der Waals surface area (Å²) in [4.78, 5) is 17.5. The fourth-order valence-corrected chi connectivity index (χ4v) is 5.63. The number of methoxy groups -OCH3 is 1. The Morgan fingerprint density at radius 2 is 1.78 bits per heavy atom. The molecule has 1 aliphatic heterocycles. The summed E-state index contributed by atoms with van der Waals surface area (Å²) in [6, 6.07) is 6.74. The molecular weight excluding hydrogens is 486 g/mol. The van der Waals surface area contributed by atoms with Gasteiger partial charge in [0.15, 0.2) is 0 Å². The molecule has 0 unspecified atom stereocenters. The number of nitrogens with one attached hydrogen (secondary N) is 1. The first-order valence-corrected chi connectivity index (χ1v) is 12.9. The Kier molecular flexibility index (Phi) is 8.43. The van der Waals surface area contributed by atoms with Crippen molar-refractivity contribution in [2.24, 2.45) is 0 Å². The van der Waals surface area contributed by atoms with Crippen molar-refractivity contribution in [2.75, 3.05) is 33.3 Å². The van der Waals surface area contributed by atoms with Gasteiger partial charge in [0.05, 0.1) is 13.5 Å². The van der Waals surface area contributed by atoms with E-state index in [9.17, 15) is 13.6 Å². The zero-order chi connectivity index (χ0) is 26.7. The van der Waals surface area contributed by atoms with Crippen LogP contribution in [0, 0.1) is 11.6 Å². The van der Waals surface area contributed by atoms with Crippen LogP contribution in [0.4, 0.5) is 17.6 Å². The quantitative estimate of drug-likeness (QED) is 0.528. The second kappa shape index (κ2) is 11.4. The molecular formula is C28H35F4N3O2. The molecule has 2 atom stereocenters. The molecule has 1 N–H and O–H groups in total. The van der Waals surface area contributed by atoms with E-state index in [4.69, 9.17) is 4.74 Å². The van der Waals surface area contributed by atoms with Crippen LogP contribution in [0.3, 0.4) is 0 Å². The number of halogens is 4. The predicted molar refractivity (Wildman–Crippen MR) is 135 cm³/mol. The van der Waals surface area contributed by atoms with Crippen molar-refractivity contribution < 1.29 is 27.1 Å². The summed E-state index contributed by atoms with van der Waals surface area (Å²) in [5, 5.41) is 2.65. The molecule has 1 saturated carbocycles. The van der Waals surface area contributed by atoms with Crippen molar-refractivity contribution in [3.63, 3.8) is 0 Å². The predicted octanol–water partition coefficient (Wildman–Crippen LogP) is 4.88. The summed E-state index contributed by atoms with van der Waals surface area (Å²) >= 11 is 0. The van der Waals surface area contributed by atoms with Crippen molar-refractivity contribution in [2.45, 2.75) is 63.6 Å². The van der Waals surface area contributed by atoms with Gasteiger partial charge in [-0.15, -0.1) is 0 Å². The molecule has 5 nitrogen and oxygen atoms in total. The average molecular weight is 522 g/mol. The lowest BCUT2D eigenvalue weighted by atomic mass is 9.85. The Morgan fingerprint density at radius 1 is 1.11 bits per heavy atom. The number of benzene rings is 2. The zero-order valence-electron chi connectivity index (χ0n) is 21.6. The van der Waals surface area contributed by atoms with E-state index in [-0.39, 0.29) is 24.2 Å². The molecule has 2 aromatic carbocycles. The van der Waals surface area contributed by atoms with E-state index in [2.05, 4.69) is 29.0 Å². The molecule has 1 amide bonds. The van der Waals surface area contributed by atoms with Crippen molar-refractivity contribution >= 4 is 5.91 Å². The van der Waals surface area contributed by atoms with Crippen LogP contribution < -0.4 is 10.1 Å². The van der Waals surface area contributed by atoms with Gasteiger partial charge in [-0.25, -0.2) is 17.6 Å². The lowest BCUT2D eigenvalue weighted by Crippen LogP contribution is -2.64. The van der Waals surface area contributed by atoms with Gasteiger partial charge in [-0.2, -0.15) is 0 Å². The molecule has 9 heteroatoms. The molecule has 2 aliphatic rings. The van der Waals surface area contributed by atoms with Crippen molar-refractivity contribution in [1.29, 1.82) is 0 Å². The molecule has 0 spiro atoms. The highest BCUT2D eigenvalue weighted by Crippen LogP contribution is 2.37. The number of nitrogens with zero attached hydrogens (tertiary/aromatic N) is 2. The van der Waals surface area contributed by atoms with Crippen LogP contribution in [-0.4, -0.2) is 73.0 Å². The first-order chi connectivity index (χ1) is 17.6. The lowest BCUT2D eigenvalue weighted by Gasteiger charge is -2.47. The first-order valence-electron chi connectivity index (χ1n) is 12.9. The van der Waals surface area contributed by atoms with Crippen LogP contribution in [0.5, 0.6) is 5.75 Å². The third-order valence-corrected chi connectivity index (χ3v) is 7.54. The van der Waals surface area contributed by atoms with Gasteiger partial charge in [-0.3, -0.25) is 14.6 Å². The summed E-state index contributed by atoms with van der Waals surface area (Å²) in [7, 11) is 1.40. The number of hydrogen-bond acceptors (Lipinski definition) is 4. The van der Waals surface area contributed by atoms with E-state index in [1.165, 1.54) is 19.2 Å². The molecule has 0 bridgehead atoms. The van der Waals surface area contributed by atoms with Crippen LogP contribution in [0.1, 0.15) is 38.7 Å². The molecule has 1 heterocycles. The molecule has 0 aromatic heterocycles. The van der Waals surface area contributed by atoms with E-state index >= 15 is 8.78 Å². The van der Waals surface area contributed by atoms with E-state index in [0.29, 0.717) is 43.1 Å². The number of hydrogen-bond donors (Lipinski definition) is 1. The summed E-state index contributed by atoms with van der Waals surface area (Å²) < 4.78 is 63.4. The summed E-state index contributed by atoms with van der Waals surface area (Å²) in [5.74, 6) is -4.75. The third-order valence-electron chi connectivity index (χ3n) is 7.54. The maximum absolute atomic E-state index is 15.1. The van der Waals surface area contributed by atoms with Crippen LogP contribution >= 0.6 is 0 Å². The number of piperazine rings is 1. The highest BCUT2D eigenvalue weighted by Gasteiger charge is 2.49. The molecule has 1 saturated heterocycles. The minimum absolute atomic E-state index is 0.199. The number of rotatable bonds is 7. The third kappa shape index (κ3) is 6.26. The van der Waals surface area contributed by atoms with E-state index in [1.54, 1.807) is 18.2 Å². The molecule has 2 aromatic rings. The van der Waals surface area contributed by atoms with E-state index in [1.807, 2.05) is 0 Å². The molecule has 1 aliphatic carbocycles. The van der Waals surface area contributed by atoms with Crippen molar-refractivity contribution in [1.82, 2.24) is 15.1 Å². The van der Waals surface area contributed by atoms with Gasteiger partial charge < -0.3 is 10.1 Å². The number of alkyl halides is 2. The van der Waals surface area contributed by atoms with Gasteiger partial charge in [-0.05, 0) is 44.4 Å². The van der Waals surface area contributed by atoms with E-state index in [0.717, 1.165) is 19.2 Å². The Morgan fingerprint density at radius 3 is 2.41 bits per heavy atom. The minimum Gasteiger partial charge on any atom is -0.496 e. The fourth-order valence-electron chi connectivity index (χ4n) is 5.63. The number of ether oxygens (including phenoxy) is 1. The zero-order valence-corrected chi connectivity index (χ0v) is 21.6. The number of para-hydroxylation sites is 1. The van der Waals surface area contributed by atoms with Gasteiger partial charge in [0.1, 0.15) is 23.4 Å². The minimum atomic E-state index is -3.02. The van der Waals surface area contributed by atoms with Crippen LogP contribution in [0.15, 0.2) is 36.4 Å². The lowest BCUT2D eigenvalue weighted by molar-refractivity contribution is -0.133. The number of carbonyl (C=O) groups is 1. The summed E-state index contributed by atoms with van der Waals surface area (Å²) in [5.41, 5.74) is 1.12. The van der Waals surface area contributed by atoms with Gasteiger partial charge in [0.25, 0.3) is 5.92 Å². The largest absolute Gasteiger partial charge is 0.496 e. The SMILES string of the molecule is COc1c(CC(=O)N[C@@H]2[C@@H](N3CCN(C(C)C)CC3)CCCC2(F)F)cccc1-c1cc(F)cc(F)c1. The second-order valence-electron chi connectivity index (χ2n) is 10.3. The monoisotopic (exact) mass is 521 g/mol.